The summed E-state index contributed by atoms with van der Waals surface area (Å²) in [7, 11) is 0. The minimum atomic E-state index is -0.632. The van der Waals surface area contributed by atoms with Gasteiger partial charge in [-0.3, -0.25) is 0 Å². The molecule has 0 amide bonds. The summed E-state index contributed by atoms with van der Waals surface area (Å²) in [6.45, 7) is 2.61. The summed E-state index contributed by atoms with van der Waals surface area (Å²) in [6.07, 6.45) is 3.29. The molecule has 1 N–H and O–H groups in total. The van der Waals surface area contributed by atoms with E-state index in [9.17, 15) is 9.50 Å². The molecule has 1 heterocycles. The molecule has 0 aliphatic carbocycles. The number of hydrogen-bond acceptors (Lipinski definition) is 2. The minimum Gasteiger partial charge on any atom is -0.388 e. The van der Waals surface area contributed by atoms with Crippen molar-refractivity contribution in [2.75, 3.05) is 6.61 Å². The van der Waals surface area contributed by atoms with E-state index in [0.717, 1.165) is 31.4 Å². The first-order valence-electron chi connectivity index (χ1n) is 6.22. The third-order valence-corrected chi connectivity index (χ3v) is 3.21. The second kappa shape index (κ2) is 5.61. The van der Waals surface area contributed by atoms with Crippen LogP contribution in [-0.2, 0) is 4.74 Å². The lowest BCUT2D eigenvalue weighted by Gasteiger charge is -2.25. The molecule has 1 aromatic rings. The second-order valence-corrected chi connectivity index (χ2v) is 4.80. The van der Waals surface area contributed by atoms with E-state index in [2.05, 4.69) is 0 Å². The van der Waals surface area contributed by atoms with E-state index in [4.69, 9.17) is 4.74 Å². The van der Waals surface area contributed by atoms with Crippen LogP contribution in [0.3, 0.4) is 0 Å². The lowest BCUT2D eigenvalue weighted by atomic mass is 9.98. The molecule has 0 radical (unpaired) electrons. The molecule has 0 saturated carbocycles. The van der Waals surface area contributed by atoms with Gasteiger partial charge in [-0.05, 0) is 49.4 Å². The average Bonchev–Trinajstić information content (AvgIpc) is 2.29. The SMILES string of the molecule is Cc1cc(F)cc(C(O)CC2CCCCO2)c1. The van der Waals surface area contributed by atoms with E-state index in [-0.39, 0.29) is 11.9 Å². The summed E-state index contributed by atoms with van der Waals surface area (Å²) in [5.41, 5.74) is 1.49. The molecule has 0 bridgehead atoms. The molecule has 2 unspecified atom stereocenters. The number of ether oxygens (including phenoxy) is 1. The highest BCUT2D eigenvalue weighted by molar-refractivity contribution is 5.25. The minimum absolute atomic E-state index is 0.113. The Morgan fingerprint density at radius 2 is 2.24 bits per heavy atom. The first-order valence-corrected chi connectivity index (χ1v) is 6.22. The van der Waals surface area contributed by atoms with Crippen molar-refractivity contribution in [3.8, 4) is 0 Å². The zero-order valence-electron chi connectivity index (χ0n) is 10.2. The standard InChI is InChI=1S/C14H19FO2/c1-10-6-11(8-12(15)7-10)14(16)9-13-4-2-3-5-17-13/h6-8,13-14,16H,2-5,9H2,1H3. The van der Waals surface area contributed by atoms with Gasteiger partial charge in [0.25, 0.3) is 0 Å². The Morgan fingerprint density at radius 1 is 1.41 bits per heavy atom. The van der Waals surface area contributed by atoms with Crippen LogP contribution in [0.2, 0.25) is 0 Å². The molecule has 1 saturated heterocycles. The zero-order valence-corrected chi connectivity index (χ0v) is 10.2. The van der Waals surface area contributed by atoms with Crippen LogP contribution in [0.4, 0.5) is 4.39 Å². The molecule has 0 aromatic heterocycles. The Bertz CT molecular complexity index is 352. The van der Waals surface area contributed by atoms with E-state index < -0.39 is 6.10 Å². The predicted octanol–water partition coefficient (Wildman–Crippen LogP) is 3.13. The number of aliphatic hydroxyl groups excluding tert-OH is 1. The molecule has 94 valence electrons. The van der Waals surface area contributed by atoms with Crippen LogP contribution in [0.25, 0.3) is 0 Å². The van der Waals surface area contributed by atoms with E-state index in [1.807, 2.05) is 13.0 Å². The topological polar surface area (TPSA) is 29.5 Å². The van der Waals surface area contributed by atoms with Crippen molar-refractivity contribution in [3.05, 3.63) is 35.1 Å². The van der Waals surface area contributed by atoms with Gasteiger partial charge in [0.05, 0.1) is 12.2 Å². The Balaban J connectivity index is 2.00. The lowest BCUT2D eigenvalue weighted by Crippen LogP contribution is -2.21. The van der Waals surface area contributed by atoms with Crippen molar-refractivity contribution in [3.63, 3.8) is 0 Å². The molecule has 2 nitrogen and oxygen atoms in total. The van der Waals surface area contributed by atoms with Gasteiger partial charge in [-0.15, -0.1) is 0 Å². The molecule has 1 aromatic carbocycles. The van der Waals surface area contributed by atoms with Gasteiger partial charge in [0, 0.05) is 13.0 Å². The number of hydrogen-bond donors (Lipinski definition) is 1. The fraction of sp³-hybridized carbons (Fsp3) is 0.571. The second-order valence-electron chi connectivity index (χ2n) is 4.80. The van der Waals surface area contributed by atoms with Crippen molar-refractivity contribution in [1.29, 1.82) is 0 Å². The lowest BCUT2D eigenvalue weighted by molar-refractivity contribution is -0.0156. The third-order valence-electron chi connectivity index (χ3n) is 3.21. The maximum Gasteiger partial charge on any atom is 0.123 e. The van der Waals surface area contributed by atoms with Gasteiger partial charge in [-0.25, -0.2) is 4.39 Å². The van der Waals surface area contributed by atoms with Gasteiger partial charge in [0.15, 0.2) is 0 Å². The van der Waals surface area contributed by atoms with Crippen LogP contribution < -0.4 is 0 Å². The predicted molar refractivity (Wildman–Crippen MR) is 64.3 cm³/mol. The van der Waals surface area contributed by atoms with Crippen molar-refractivity contribution < 1.29 is 14.2 Å². The van der Waals surface area contributed by atoms with Crippen LogP contribution in [0, 0.1) is 12.7 Å². The van der Waals surface area contributed by atoms with Gasteiger partial charge in [0.1, 0.15) is 5.82 Å². The van der Waals surface area contributed by atoms with Gasteiger partial charge in [-0.2, -0.15) is 0 Å². The monoisotopic (exact) mass is 238 g/mol. The van der Waals surface area contributed by atoms with Gasteiger partial charge >= 0.3 is 0 Å². The fourth-order valence-corrected chi connectivity index (χ4v) is 2.34. The van der Waals surface area contributed by atoms with E-state index >= 15 is 0 Å². The number of halogens is 1. The fourth-order valence-electron chi connectivity index (χ4n) is 2.34. The molecule has 2 atom stereocenters. The van der Waals surface area contributed by atoms with Crippen LogP contribution >= 0.6 is 0 Å². The summed E-state index contributed by atoms with van der Waals surface area (Å²) in [6, 6.07) is 4.70. The van der Waals surface area contributed by atoms with E-state index in [1.165, 1.54) is 12.1 Å². The maximum atomic E-state index is 13.2. The van der Waals surface area contributed by atoms with Gasteiger partial charge in [0.2, 0.25) is 0 Å². The van der Waals surface area contributed by atoms with Crippen LogP contribution in [-0.4, -0.2) is 17.8 Å². The van der Waals surface area contributed by atoms with Crippen LogP contribution in [0.5, 0.6) is 0 Å². The van der Waals surface area contributed by atoms with Gasteiger partial charge in [-0.1, -0.05) is 6.07 Å². The van der Waals surface area contributed by atoms with Crippen molar-refractivity contribution in [2.24, 2.45) is 0 Å². The summed E-state index contributed by atoms with van der Waals surface area (Å²) in [5, 5.41) is 10.1. The molecule has 17 heavy (non-hydrogen) atoms. The number of benzene rings is 1. The highest BCUT2D eigenvalue weighted by atomic mass is 19.1. The Kier molecular flexibility index (Phi) is 4.13. The Morgan fingerprint density at radius 3 is 2.88 bits per heavy atom. The van der Waals surface area contributed by atoms with Crippen molar-refractivity contribution in [1.82, 2.24) is 0 Å². The third kappa shape index (κ3) is 3.51. The largest absolute Gasteiger partial charge is 0.388 e. The summed E-state index contributed by atoms with van der Waals surface area (Å²) in [4.78, 5) is 0. The highest BCUT2D eigenvalue weighted by Gasteiger charge is 2.19. The summed E-state index contributed by atoms with van der Waals surface area (Å²) < 4.78 is 18.8. The zero-order chi connectivity index (χ0) is 12.3. The van der Waals surface area contributed by atoms with Gasteiger partial charge < -0.3 is 9.84 Å². The number of rotatable bonds is 3. The summed E-state index contributed by atoms with van der Waals surface area (Å²) >= 11 is 0. The van der Waals surface area contributed by atoms with Crippen LogP contribution in [0.15, 0.2) is 18.2 Å². The molecule has 1 aliphatic rings. The normalized spacial score (nSPS) is 22.4. The first kappa shape index (κ1) is 12.5. The molecule has 2 rings (SSSR count). The van der Waals surface area contributed by atoms with Crippen LogP contribution in [0.1, 0.15) is 42.9 Å². The molecular formula is C14H19FO2. The average molecular weight is 238 g/mol. The molecule has 1 aliphatic heterocycles. The Labute approximate surface area is 101 Å². The molecular weight excluding hydrogens is 219 g/mol. The molecule has 3 heteroatoms. The molecule has 0 spiro atoms. The van der Waals surface area contributed by atoms with Crippen molar-refractivity contribution in [2.45, 2.75) is 44.8 Å². The summed E-state index contributed by atoms with van der Waals surface area (Å²) in [5.74, 6) is -0.288. The first-order chi connectivity index (χ1) is 8.15. The Hall–Kier alpha value is -0.930. The van der Waals surface area contributed by atoms with E-state index in [1.54, 1.807) is 0 Å². The number of aryl methyl sites for hydroxylation is 1. The molecule has 1 fully saturated rings. The maximum absolute atomic E-state index is 13.2. The highest BCUT2D eigenvalue weighted by Crippen LogP contribution is 2.25. The number of aliphatic hydroxyl groups is 1. The smallest absolute Gasteiger partial charge is 0.123 e. The quantitative estimate of drug-likeness (QED) is 0.876. The van der Waals surface area contributed by atoms with E-state index in [0.29, 0.717) is 12.0 Å². The van der Waals surface area contributed by atoms with Crippen molar-refractivity contribution >= 4 is 0 Å².